The van der Waals surface area contributed by atoms with Crippen molar-refractivity contribution in [3.63, 3.8) is 0 Å². The van der Waals surface area contributed by atoms with Crippen LogP contribution in [0.25, 0.3) is 0 Å². The fourth-order valence-corrected chi connectivity index (χ4v) is 5.70. The van der Waals surface area contributed by atoms with E-state index in [1.165, 1.54) is 68.4 Å². The molecule has 2 bridgehead atoms. The van der Waals surface area contributed by atoms with Crippen molar-refractivity contribution >= 4 is 21.6 Å². The summed E-state index contributed by atoms with van der Waals surface area (Å²) in [4.78, 5) is 0. The molecule has 4 aliphatic carbocycles. The predicted octanol–water partition coefficient (Wildman–Crippen LogP) is 5.76. The van der Waals surface area contributed by atoms with Gasteiger partial charge in [-0.3, -0.25) is 4.68 Å². The highest BCUT2D eigenvalue weighted by atomic mass is 79.9. The van der Waals surface area contributed by atoms with Gasteiger partial charge >= 0.3 is 0 Å². The van der Waals surface area contributed by atoms with Crippen LogP contribution in [-0.4, -0.2) is 16.3 Å². The van der Waals surface area contributed by atoms with Crippen LogP contribution in [0.4, 0.5) is 5.69 Å². The largest absolute Gasteiger partial charge is 0.384 e. The van der Waals surface area contributed by atoms with Gasteiger partial charge in [-0.1, -0.05) is 22.0 Å². The fourth-order valence-electron chi connectivity index (χ4n) is 5.30. The lowest BCUT2D eigenvalue weighted by molar-refractivity contribution is 0.0480. The molecule has 26 heavy (non-hydrogen) atoms. The summed E-state index contributed by atoms with van der Waals surface area (Å²) in [6, 6.07) is 11.0. The molecule has 0 amide bonds. The molecule has 4 saturated carbocycles. The Morgan fingerprint density at radius 1 is 1.12 bits per heavy atom. The lowest BCUT2D eigenvalue weighted by atomic mass is 9.52. The van der Waals surface area contributed by atoms with Crippen LogP contribution in [0.5, 0.6) is 0 Å². The quantitative estimate of drug-likeness (QED) is 0.674. The van der Waals surface area contributed by atoms with Crippen LogP contribution in [0.1, 0.15) is 68.7 Å². The molecule has 0 atom stereocenters. The summed E-state index contributed by atoms with van der Waals surface area (Å²) >= 11 is 3.57. The van der Waals surface area contributed by atoms with Crippen molar-refractivity contribution < 1.29 is 0 Å². The molecule has 0 aliphatic heterocycles. The molecular weight excluding hydrogens is 386 g/mol. The standard InChI is InChI=1S/C22H28BrN3/c1-26-19(16-5-6-16)14-20(25-26)22-10-7-21(8-11-22,9-12-22)15-24-18-4-2-3-17(23)13-18/h2-4,13-14,16,24H,5-12,15H2,1H3. The van der Waals surface area contributed by atoms with E-state index in [9.17, 15) is 0 Å². The molecule has 4 fully saturated rings. The zero-order valence-electron chi connectivity index (χ0n) is 15.6. The van der Waals surface area contributed by atoms with E-state index in [1.54, 1.807) is 0 Å². The first-order chi connectivity index (χ1) is 12.6. The normalized spacial score (nSPS) is 30.5. The molecule has 3 nitrogen and oxygen atoms in total. The highest BCUT2D eigenvalue weighted by molar-refractivity contribution is 9.10. The Kier molecular flexibility index (Phi) is 3.97. The van der Waals surface area contributed by atoms with Crippen LogP contribution >= 0.6 is 15.9 Å². The molecule has 1 N–H and O–H groups in total. The van der Waals surface area contributed by atoms with E-state index < -0.39 is 0 Å². The van der Waals surface area contributed by atoms with Gasteiger partial charge in [0.1, 0.15) is 0 Å². The monoisotopic (exact) mass is 413 g/mol. The number of nitrogens with zero attached hydrogens (tertiary/aromatic N) is 2. The lowest BCUT2D eigenvalue weighted by Crippen LogP contribution is -2.47. The van der Waals surface area contributed by atoms with E-state index >= 15 is 0 Å². The second-order valence-electron chi connectivity index (χ2n) is 9.00. The van der Waals surface area contributed by atoms with Crippen molar-refractivity contribution in [1.82, 2.24) is 9.78 Å². The molecule has 4 aliphatic rings. The fraction of sp³-hybridized carbons (Fsp3) is 0.591. The first-order valence-corrected chi connectivity index (χ1v) is 10.9. The molecule has 6 rings (SSSR count). The number of anilines is 1. The Bertz CT molecular complexity index is 796. The van der Waals surface area contributed by atoms with Gasteiger partial charge in [-0.2, -0.15) is 5.10 Å². The molecule has 0 spiro atoms. The highest BCUT2D eigenvalue weighted by Gasteiger charge is 2.50. The summed E-state index contributed by atoms with van der Waals surface area (Å²) < 4.78 is 3.32. The molecule has 4 heteroatoms. The van der Waals surface area contributed by atoms with Crippen molar-refractivity contribution in [2.24, 2.45) is 12.5 Å². The Balaban J connectivity index is 1.28. The van der Waals surface area contributed by atoms with Crippen LogP contribution in [0.3, 0.4) is 0 Å². The van der Waals surface area contributed by atoms with Crippen LogP contribution in [-0.2, 0) is 12.5 Å². The zero-order chi connectivity index (χ0) is 17.8. The second-order valence-corrected chi connectivity index (χ2v) is 9.91. The minimum absolute atomic E-state index is 0.364. The van der Waals surface area contributed by atoms with Gasteiger partial charge in [0.25, 0.3) is 0 Å². The van der Waals surface area contributed by atoms with Gasteiger partial charge in [-0.25, -0.2) is 0 Å². The number of hydrogen-bond donors (Lipinski definition) is 1. The Morgan fingerprint density at radius 2 is 1.85 bits per heavy atom. The van der Waals surface area contributed by atoms with Gasteiger partial charge in [-0.15, -0.1) is 0 Å². The van der Waals surface area contributed by atoms with E-state index in [0.29, 0.717) is 10.8 Å². The van der Waals surface area contributed by atoms with Crippen molar-refractivity contribution in [1.29, 1.82) is 0 Å². The molecule has 2 aromatic rings. The minimum atomic E-state index is 0.364. The minimum Gasteiger partial charge on any atom is -0.384 e. The number of aryl methyl sites for hydroxylation is 1. The first kappa shape index (κ1) is 16.9. The number of hydrogen-bond acceptors (Lipinski definition) is 2. The summed E-state index contributed by atoms with van der Waals surface area (Å²) in [5, 5.41) is 8.70. The molecular formula is C22H28BrN3. The third kappa shape index (κ3) is 2.90. The summed E-state index contributed by atoms with van der Waals surface area (Å²) in [5.74, 6) is 0.790. The average Bonchev–Trinajstić information content (AvgIpc) is 3.43. The summed E-state index contributed by atoms with van der Waals surface area (Å²) in [6.07, 6.45) is 10.7. The smallest absolute Gasteiger partial charge is 0.0689 e. The number of nitrogens with one attached hydrogen (secondary N) is 1. The third-order valence-electron chi connectivity index (χ3n) is 7.35. The van der Waals surface area contributed by atoms with Gasteiger partial charge < -0.3 is 5.32 Å². The van der Waals surface area contributed by atoms with Crippen LogP contribution in [0.2, 0.25) is 0 Å². The maximum absolute atomic E-state index is 4.99. The predicted molar refractivity (Wildman–Crippen MR) is 110 cm³/mol. The molecule has 1 heterocycles. The lowest BCUT2D eigenvalue weighted by Gasteiger charge is -2.53. The van der Waals surface area contributed by atoms with E-state index in [-0.39, 0.29) is 0 Å². The molecule has 0 saturated heterocycles. The first-order valence-electron chi connectivity index (χ1n) is 10.1. The van der Waals surface area contributed by atoms with Gasteiger partial charge in [-0.05, 0) is 81.0 Å². The maximum atomic E-state index is 4.99. The van der Waals surface area contributed by atoms with Gasteiger partial charge in [0.2, 0.25) is 0 Å². The van der Waals surface area contributed by atoms with E-state index in [1.807, 2.05) is 0 Å². The number of rotatable bonds is 5. The summed E-state index contributed by atoms with van der Waals surface area (Å²) in [6.45, 7) is 1.11. The Hall–Kier alpha value is -1.29. The number of halogens is 1. The average molecular weight is 414 g/mol. The second kappa shape index (κ2) is 6.12. The SMILES string of the molecule is Cn1nc(C23CCC(CNc4cccc(Br)c4)(CC2)CC3)cc1C1CC1. The highest BCUT2D eigenvalue weighted by Crippen LogP contribution is 2.58. The van der Waals surface area contributed by atoms with Crippen LogP contribution in [0, 0.1) is 5.41 Å². The summed E-state index contributed by atoms with van der Waals surface area (Å²) in [7, 11) is 2.14. The third-order valence-corrected chi connectivity index (χ3v) is 7.84. The van der Waals surface area contributed by atoms with Crippen LogP contribution in [0.15, 0.2) is 34.8 Å². The van der Waals surface area contributed by atoms with Gasteiger partial charge in [0.15, 0.2) is 0 Å². The van der Waals surface area contributed by atoms with Crippen LogP contribution < -0.4 is 5.32 Å². The van der Waals surface area contributed by atoms with Crippen molar-refractivity contribution in [3.8, 4) is 0 Å². The zero-order valence-corrected chi connectivity index (χ0v) is 17.2. The van der Waals surface area contributed by atoms with Gasteiger partial charge in [0.05, 0.1) is 5.69 Å². The van der Waals surface area contributed by atoms with E-state index in [2.05, 4.69) is 63.3 Å². The van der Waals surface area contributed by atoms with Crippen molar-refractivity contribution in [2.45, 2.75) is 62.7 Å². The molecule has 0 radical (unpaired) electrons. The van der Waals surface area contributed by atoms with E-state index in [0.717, 1.165) is 16.9 Å². The summed E-state index contributed by atoms with van der Waals surface area (Å²) in [5.41, 5.74) is 4.96. The Morgan fingerprint density at radius 3 is 2.50 bits per heavy atom. The van der Waals surface area contributed by atoms with E-state index in [4.69, 9.17) is 5.10 Å². The van der Waals surface area contributed by atoms with Crippen molar-refractivity contribution in [2.75, 3.05) is 11.9 Å². The number of fused-ring (bicyclic) bond motifs is 3. The Labute approximate surface area is 164 Å². The molecule has 1 aromatic heterocycles. The topological polar surface area (TPSA) is 29.9 Å². The number of benzene rings is 1. The molecule has 1 aromatic carbocycles. The number of aromatic nitrogens is 2. The van der Waals surface area contributed by atoms with Gasteiger partial charge in [0, 0.05) is 40.8 Å². The van der Waals surface area contributed by atoms with Crippen molar-refractivity contribution in [3.05, 3.63) is 46.2 Å². The maximum Gasteiger partial charge on any atom is 0.0689 e. The molecule has 138 valence electrons. The molecule has 0 unspecified atom stereocenters.